The summed E-state index contributed by atoms with van der Waals surface area (Å²) in [5, 5.41) is 0. The second kappa shape index (κ2) is 7.37. The van der Waals surface area contributed by atoms with E-state index in [9.17, 15) is 9.59 Å². The fourth-order valence-corrected chi connectivity index (χ4v) is 1.72. The van der Waals surface area contributed by atoms with Gasteiger partial charge in [0.2, 0.25) is 0 Å². The van der Waals surface area contributed by atoms with Gasteiger partial charge < -0.3 is 18.9 Å². The van der Waals surface area contributed by atoms with Gasteiger partial charge in [0.15, 0.2) is 6.10 Å². The predicted octanol–water partition coefficient (Wildman–Crippen LogP) is 2.83. The molecule has 0 amide bonds. The summed E-state index contributed by atoms with van der Waals surface area (Å²) >= 11 is 0. The average molecular weight is 280 g/mol. The van der Waals surface area contributed by atoms with Crippen LogP contribution in [0.3, 0.4) is 0 Å². The van der Waals surface area contributed by atoms with Crippen molar-refractivity contribution < 1.29 is 28.5 Å². The lowest BCUT2D eigenvalue weighted by Gasteiger charge is -2.04. The zero-order chi connectivity index (χ0) is 14.2. The van der Waals surface area contributed by atoms with Gasteiger partial charge in [-0.25, -0.2) is 9.59 Å². The Morgan fingerprint density at radius 3 is 2.05 bits per heavy atom. The summed E-state index contributed by atoms with van der Waals surface area (Å²) in [6.45, 7) is 1.35. The highest BCUT2D eigenvalue weighted by molar-refractivity contribution is 5.62. The molecule has 1 atom stereocenters. The third kappa shape index (κ3) is 4.46. The van der Waals surface area contributed by atoms with Gasteiger partial charge >= 0.3 is 12.3 Å². The maximum Gasteiger partial charge on any atom is 0.509 e. The largest absolute Gasteiger partial charge is 0.509 e. The topological polar surface area (TPSA) is 71.1 Å². The molecular formula is C14H16O6. The van der Waals surface area contributed by atoms with E-state index < -0.39 is 12.3 Å². The van der Waals surface area contributed by atoms with Gasteiger partial charge in [0.05, 0.1) is 13.2 Å². The smallest absolute Gasteiger partial charge is 0.434 e. The van der Waals surface area contributed by atoms with Crippen LogP contribution in [0.15, 0.2) is 30.3 Å². The molecule has 6 nitrogen and oxygen atoms in total. The van der Waals surface area contributed by atoms with Crippen molar-refractivity contribution in [1.82, 2.24) is 0 Å². The molecule has 2 fully saturated rings. The van der Waals surface area contributed by atoms with E-state index >= 15 is 0 Å². The third-order valence-corrected chi connectivity index (χ3v) is 2.74. The first kappa shape index (κ1) is 14.2. The zero-order valence-corrected chi connectivity index (χ0v) is 10.9. The molecule has 3 rings (SSSR count). The van der Waals surface area contributed by atoms with Crippen LogP contribution in [-0.2, 0) is 18.9 Å². The Kier molecular flexibility index (Phi) is 5.23. The highest BCUT2D eigenvalue weighted by Gasteiger charge is 2.25. The van der Waals surface area contributed by atoms with E-state index in [0.717, 1.165) is 18.4 Å². The van der Waals surface area contributed by atoms with Crippen LogP contribution < -0.4 is 0 Å². The molecule has 1 aromatic carbocycles. The molecule has 2 aliphatic heterocycles. The normalized spacial score (nSPS) is 21.3. The Hall–Kier alpha value is -2.24. The van der Waals surface area contributed by atoms with Crippen molar-refractivity contribution in [3.05, 3.63) is 35.9 Å². The molecule has 2 heterocycles. The quantitative estimate of drug-likeness (QED) is 0.737. The molecule has 0 N–H and O–H groups in total. The number of rotatable bonds is 1. The Balaban J connectivity index is 0.000000160. The molecule has 1 unspecified atom stereocenters. The molecule has 0 spiro atoms. The molecule has 6 heteroatoms. The standard InChI is InChI=1S/C9H8O3.C5H8O3/c10-9-11-6-8(12-9)7-4-2-1-3-5-7;6-5-7-3-1-2-4-8-5/h1-5,8H,6H2;1-4H2. The van der Waals surface area contributed by atoms with Crippen molar-refractivity contribution in [3.8, 4) is 0 Å². The van der Waals surface area contributed by atoms with Crippen LogP contribution in [0.25, 0.3) is 0 Å². The first-order chi connectivity index (χ1) is 9.75. The molecular weight excluding hydrogens is 264 g/mol. The van der Waals surface area contributed by atoms with E-state index in [-0.39, 0.29) is 6.10 Å². The number of benzene rings is 1. The van der Waals surface area contributed by atoms with Crippen LogP contribution in [-0.4, -0.2) is 32.1 Å². The van der Waals surface area contributed by atoms with Crippen molar-refractivity contribution >= 4 is 12.3 Å². The fourth-order valence-electron chi connectivity index (χ4n) is 1.72. The minimum absolute atomic E-state index is 0.223. The minimum atomic E-state index is -0.580. The van der Waals surface area contributed by atoms with Crippen LogP contribution in [0.4, 0.5) is 9.59 Å². The summed E-state index contributed by atoms with van der Waals surface area (Å²) in [5.74, 6) is 0. The van der Waals surface area contributed by atoms with Gasteiger partial charge in [0.25, 0.3) is 0 Å². The molecule has 0 aliphatic carbocycles. The number of hydrogen-bond donors (Lipinski definition) is 0. The van der Waals surface area contributed by atoms with E-state index in [1.165, 1.54) is 0 Å². The van der Waals surface area contributed by atoms with Gasteiger partial charge in [0, 0.05) is 0 Å². The number of carbonyl (C=O) groups is 2. The summed E-state index contributed by atoms with van der Waals surface area (Å²) in [6, 6.07) is 9.55. The molecule has 2 aliphatic rings. The van der Waals surface area contributed by atoms with Gasteiger partial charge in [-0.1, -0.05) is 30.3 Å². The van der Waals surface area contributed by atoms with Crippen LogP contribution in [0, 0.1) is 0 Å². The summed E-state index contributed by atoms with van der Waals surface area (Å²) in [6.07, 6.45) is 0.516. The van der Waals surface area contributed by atoms with Crippen molar-refractivity contribution in [2.24, 2.45) is 0 Å². The van der Waals surface area contributed by atoms with Gasteiger partial charge in [-0.3, -0.25) is 0 Å². The number of cyclic esters (lactones) is 4. The van der Waals surface area contributed by atoms with E-state index in [4.69, 9.17) is 4.74 Å². The first-order valence-corrected chi connectivity index (χ1v) is 6.43. The van der Waals surface area contributed by atoms with Gasteiger partial charge in [-0.05, 0) is 18.4 Å². The van der Waals surface area contributed by atoms with E-state index in [0.29, 0.717) is 19.8 Å². The fraction of sp³-hybridized carbons (Fsp3) is 0.429. The molecule has 0 bridgehead atoms. The van der Waals surface area contributed by atoms with E-state index in [1.807, 2.05) is 30.3 Å². The summed E-state index contributed by atoms with van der Waals surface area (Å²) in [5.41, 5.74) is 0.975. The Labute approximate surface area is 116 Å². The Morgan fingerprint density at radius 2 is 1.50 bits per heavy atom. The van der Waals surface area contributed by atoms with Gasteiger partial charge in [0.1, 0.15) is 6.61 Å². The lowest BCUT2D eigenvalue weighted by Crippen LogP contribution is -2.02. The van der Waals surface area contributed by atoms with E-state index in [1.54, 1.807) is 0 Å². The molecule has 0 saturated carbocycles. The van der Waals surface area contributed by atoms with Gasteiger partial charge in [-0.2, -0.15) is 0 Å². The van der Waals surface area contributed by atoms with Crippen molar-refractivity contribution in [1.29, 1.82) is 0 Å². The lowest BCUT2D eigenvalue weighted by molar-refractivity contribution is 0.0728. The first-order valence-electron chi connectivity index (χ1n) is 6.43. The monoisotopic (exact) mass is 280 g/mol. The molecule has 0 radical (unpaired) electrons. The lowest BCUT2D eigenvalue weighted by atomic mass is 10.1. The second-order valence-corrected chi connectivity index (χ2v) is 4.23. The van der Waals surface area contributed by atoms with Gasteiger partial charge in [-0.15, -0.1) is 0 Å². The molecule has 20 heavy (non-hydrogen) atoms. The molecule has 2 saturated heterocycles. The zero-order valence-electron chi connectivity index (χ0n) is 10.9. The minimum Gasteiger partial charge on any atom is -0.434 e. The van der Waals surface area contributed by atoms with Crippen LogP contribution in [0.5, 0.6) is 0 Å². The SMILES string of the molecule is O=C1OCC(c2ccccc2)O1.O=C1OCCCCO1. The van der Waals surface area contributed by atoms with Crippen LogP contribution >= 0.6 is 0 Å². The average Bonchev–Trinajstić information content (AvgIpc) is 2.76. The maximum atomic E-state index is 10.6. The van der Waals surface area contributed by atoms with Crippen molar-refractivity contribution in [2.45, 2.75) is 18.9 Å². The van der Waals surface area contributed by atoms with E-state index in [2.05, 4.69) is 14.2 Å². The third-order valence-electron chi connectivity index (χ3n) is 2.74. The molecule has 108 valence electrons. The van der Waals surface area contributed by atoms with Crippen LogP contribution in [0.2, 0.25) is 0 Å². The summed E-state index contributed by atoms with van der Waals surface area (Å²) in [4.78, 5) is 20.8. The number of carbonyl (C=O) groups excluding carboxylic acids is 2. The molecule has 0 aromatic heterocycles. The Bertz CT molecular complexity index is 434. The maximum absolute atomic E-state index is 10.6. The predicted molar refractivity (Wildman–Crippen MR) is 68.2 cm³/mol. The summed E-state index contributed by atoms with van der Waals surface area (Å²) in [7, 11) is 0. The van der Waals surface area contributed by atoms with Crippen LogP contribution in [0.1, 0.15) is 24.5 Å². The highest BCUT2D eigenvalue weighted by atomic mass is 16.8. The number of ether oxygens (including phenoxy) is 4. The van der Waals surface area contributed by atoms with Crippen molar-refractivity contribution in [2.75, 3.05) is 19.8 Å². The number of hydrogen-bond acceptors (Lipinski definition) is 6. The van der Waals surface area contributed by atoms with Crippen molar-refractivity contribution in [3.63, 3.8) is 0 Å². The molecule has 1 aromatic rings. The highest BCUT2D eigenvalue weighted by Crippen LogP contribution is 2.22. The second-order valence-electron chi connectivity index (χ2n) is 4.23. The Morgan fingerprint density at radius 1 is 0.850 bits per heavy atom. The summed E-state index contributed by atoms with van der Waals surface area (Å²) < 4.78 is 18.6.